The van der Waals surface area contributed by atoms with Gasteiger partial charge >= 0.3 is 5.97 Å². The largest absolute Gasteiger partial charge is 0.484 e. The van der Waals surface area contributed by atoms with Crippen molar-refractivity contribution < 1.29 is 24.2 Å². The van der Waals surface area contributed by atoms with Gasteiger partial charge in [-0.15, -0.1) is 11.8 Å². The number of carboxylic acid groups (broad SMARTS) is 1. The van der Waals surface area contributed by atoms with Crippen LogP contribution in [0.5, 0.6) is 5.75 Å². The summed E-state index contributed by atoms with van der Waals surface area (Å²) in [6, 6.07) is 7.31. The van der Waals surface area contributed by atoms with Crippen LogP contribution in [0.3, 0.4) is 0 Å². The van der Waals surface area contributed by atoms with Gasteiger partial charge in [-0.1, -0.05) is 18.2 Å². The Labute approximate surface area is 179 Å². The van der Waals surface area contributed by atoms with Crippen LogP contribution in [0, 0.1) is 0 Å². The van der Waals surface area contributed by atoms with E-state index in [1.54, 1.807) is 38.1 Å². The van der Waals surface area contributed by atoms with E-state index >= 15 is 0 Å². The minimum Gasteiger partial charge on any atom is -0.484 e. The minimum absolute atomic E-state index is 0. The Balaban J connectivity index is 0.00000225. The van der Waals surface area contributed by atoms with E-state index in [2.05, 4.69) is 5.32 Å². The summed E-state index contributed by atoms with van der Waals surface area (Å²) in [5, 5.41) is 11.6. The molecule has 2 aliphatic heterocycles. The molecule has 0 bridgehead atoms. The second-order valence-corrected chi connectivity index (χ2v) is 8.02. The van der Waals surface area contributed by atoms with Gasteiger partial charge in [-0.05, 0) is 26.0 Å². The zero-order chi connectivity index (χ0) is 17.5. The smallest absolute Gasteiger partial charge is 0.327 e. The Morgan fingerprint density at radius 3 is 2.56 bits per heavy atom. The molecular formula is C16H18CaN2O5S. The van der Waals surface area contributed by atoms with Crippen molar-refractivity contribution >= 4 is 67.3 Å². The van der Waals surface area contributed by atoms with Crippen LogP contribution in [0.15, 0.2) is 30.3 Å². The normalized spacial score (nSPS) is 26.1. The van der Waals surface area contributed by atoms with Crippen molar-refractivity contribution in [2.75, 3.05) is 6.61 Å². The van der Waals surface area contributed by atoms with E-state index in [0.29, 0.717) is 5.75 Å². The number of carboxylic acids is 1. The zero-order valence-electron chi connectivity index (χ0n) is 14.0. The van der Waals surface area contributed by atoms with Crippen molar-refractivity contribution in [2.45, 2.75) is 36.1 Å². The Hall–Kier alpha value is -0.960. The number of thioether (sulfide) groups is 1. The topological polar surface area (TPSA) is 95.9 Å². The third-order valence-corrected chi connectivity index (χ3v) is 5.68. The molecule has 2 heterocycles. The fourth-order valence-electron chi connectivity index (χ4n) is 3.03. The molecule has 7 nitrogen and oxygen atoms in total. The van der Waals surface area contributed by atoms with Crippen molar-refractivity contribution in [1.29, 1.82) is 0 Å². The summed E-state index contributed by atoms with van der Waals surface area (Å²) in [5.74, 6) is -1.23. The van der Waals surface area contributed by atoms with Gasteiger partial charge in [0, 0.05) is 42.5 Å². The molecule has 25 heavy (non-hydrogen) atoms. The van der Waals surface area contributed by atoms with Gasteiger partial charge in [0.15, 0.2) is 6.61 Å². The summed E-state index contributed by atoms with van der Waals surface area (Å²) >= 11 is 1.39. The maximum atomic E-state index is 12.2. The number of hydrogen-bond acceptors (Lipinski definition) is 5. The van der Waals surface area contributed by atoms with Gasteiger partial charge in [-0.3, -0.25) is 9.59 Å². The number of benzene rings is 1. The van der Waals surface area contributed by atoms with Crippen LogP contribution in [0.1, 0.15) is 13.8 Å². The molecule has 0 aliphatic carbocycles. The number of ether oxygens (including phenoxy) is 1. The standard InChI is InChI=1S/C16H18N2O5S.Ca/c1-16(2)12(15(21)22)18-13(20)11(14(18)24-16)17-10(19)8-23-9-6-4-3-5-7-9;/h3-7,11-12,14H,8H2,1-2H3,(H,17,19)(H,21,22);/t11-,12+,14-;/m1./s1. The predicted molar refractivity (Wildman–Crippen MR) is 93.3 cm³/mol. The fraction of sp³-hybridized carbons (Fsp3) is 0.438. The molecule has 0 saturated carbocycles. The van der Waals surface area contributed by atoms with Crippen molar-refractivity contribution in [3.8, 4) is 5.75 Å². The van der Waals surface area contributed by atoms with E-state index in [-0.39, 0.29) is 55.6 Å². The maximum absolute atomic E-state index is 12.2. The number of para-hydroxylation sites is 1. The van der Waals surface area contributed by atoms with E-state index in [9.17, 15) is 19.5 Å². The quantitative estimate of drug-likeness (QED) is 0.555. The number of carbonyl (C=O) groups is 3. The molecule has 2 fully saturated rings. The van der Waals surface area contributed by atoms with Crippen LogP contribution in [0.25, 0.3) is 0 Å². The van der Waals surface area contributed by atoms with E-state index in [1.165, 1.54) is 16.7 Å². The number of nitrogens with one attached hydrogen (secondary N) is 1. The summed E-state index contributed by atoms with van der Waals surface area (Å²) in [6.45, 7) is 3.38. The average molecular weight is 390 g/mol. The molecule has 1 aromatic rings. The van der Waals surface area contributed by atoms with Crippen LogP contribution >= 0.6 is 11.8 Å². The average Bonchev–Trinajstić information content (AvgIpc) is 2.80. The molecule has 130 valence electrons. The SMILES string of the molecule is CC1(C)S[C@@H]2[C@H](NC(=O)COc3ccccc3)C(=O)N2[C@H]1C(=O)O.[Ca]. The molecule has 2 aliphatic rings. The van der Waals surface area contributed by atoms with Gasteiger partial charge in [-0.2, -0.15) is 0 Å². The number of carbonyl (C=O) groups excluding carboxylic acids is 2. The summed E-state index contributed by atoms with van der Waals surface area (Å²) in [7, 11) is 0. The van der Waals surface area contributed by atoms with Crippen LogP contribution < -0.4 is 10.1 Å². The Morgan fingerprint density at radius 1 is 1.32 bits per heavy atom. The second-order valence-electron chi connectivity index (χ2n) is 6.25. The molecular weight excluding hydrogens is 372 g/mol. The summed E-state index contributed by atoms with van der Waals surface area (Å²) in [5.41, 5.74) is 0. The molecule has 1 aromatic carbocycles. The van der Waals surface area contributed by atoms with E-state index < -0.39 is 28.7 Å². The first-order valence-corrected chi connectivity index (χ1v) is 8.39. The molecule has 0 unspecified atom stereocenters. The first-order chi connectivity index (χ1) is 11.3. The Kier molecular flexibility index (Phi) is 6.30. The van der Waals surface area contributed by atoms with Gasteiger partial charge in [0.25, 0.3) is 5.91 Å². The predicted octanol–water partition coefficient (Wildman–Crippen LogP) is 0.316. The van der Waals surface area contributed by atoms with Gasteiger partial charge in [-0.25, -0.2) is 4.79 Å². The van der Waals surface area contributed by atoms with Crippen LogP contribution in [-0.4, -0.2) is 94.3 Å². The van der Waals surface area contributed by atoms with E-state index in [0.717, 1.165) is 0 Å². The Bertz CT molecular complexity index is 684. The van der Waals surface area contributed by atoms with E-state index in [1.807, 2.05) is 6.07 Å². The number of aliphatic carboxylic acids is 1. The number of amides is 2. The first-order valence-electron chi connectivity index (χ1n) is 7.51. The van der Waals surface area contributed by atoms with Crippen LogP contribution in [0.4, 0.5) is 0 Å². The molecule has 2 amide bonds. The van der Waals surface area contributed by atoms with Crippen LogP contribution in [0.2, 0.25) is 0 Å². The minimum atomic E-state index is -1.03. The molecule has 2 saturated heterocycles. The first kappa shape index (κ1) is 20.4. The summed E-state index contributed by atoms with van der Waals surface area (Å²) in [4.78, 5) is 37.0. The third-order valence-electron chi connectivity index (χ3n) is 4.10. The third kappa shape index (κ3) is 3.92. The van der Waals surface area contributed by atoms with Gasteiger partial charge < -0.3 is 20.1 Å². The van der Waals surface area contributed by atoms with Gasteiger partial charge in [0.2, 0.25) is 5.91 Å². The number of β-lactam (4-membered cyclic amide) rings is 1. The second kappa shape index (κ2) is 7.73. The van der Waals surface area contributed by atoms with Gasteiger partial charge in [0.1, 0.15) is 23.2 Å². The van der Waals surface area contributed by atoms with E-state index in [4.69, 9.17) is 4.74 Å². The fourth-order valence-corrected chi connectivity index (χ4v) is 4.65. The Morgan fingerprint density at radius 2 is 1.96 bits per heavy atom. The molecule has 0 aromatic heterocycles. The van der Waals surface area contributed by atoms with Crippen molar-refractivity contribution in [1.82, 2.24) is 10.2 Å². The molecule has 9 heteroatoms. The number of rotatable bonds is 5. The molecule has 2 N–H and O–H groups in total. The van der Waals surface area contributed by atoms with Crippen molar-refractivity contribution in [3.63, 3.8) is 0 Å². The molecule has 0 spiro atoms. The number of fused-ring (bicyclic) bond motifs is 1. The van der Waals surface area contributed by atoms with Gasteiger partial charge in [0.05, 0.1) is 0 Å². The number of nitrogens with zero attached hydrogens (tertiary/aromatic N) is 1. The molecule has 2 radical (unpaired) electrons. The summed E-state index contributed by atoms with van der Waals surface area (Å²) < 4.78 is 4.74. The van der Waals surface area contributed by atoms with Crippen molar-refractivity contribution in [2.24, 2.45) is 0 Å². The maximum Gasteiger partial charge on any atom is 0.327 e. The molecule has 3 atom stereocenters. The van der Waals surface area contributed by atoms with Crippen molar-refractivity contribution in [3.05, 3.63) is 30.3 Å². The molecule has 3 rings (SSSR count). The summed E-state index contributed by atoms with van der Waals surface area (Å²) in [6.07, 6.45) is 0. The zero-order valence-corrected chi connectivity index (χ0v) is 17.0. The van der Waals surface area contributed by atoms with Crippen LogP contribution in [-0.2, 0) is 14.4 Å². The number of hydrogen-bond donors (Lipinski definition) is 2. The monoisotopic (exact) mass is 390 g/mol.